The molecule has 0 radical (unpaired) electrons. The number of fused-ring (bicyclic) bond motifs is 5. The van der Waals surface area contributed by atoms with Crippen molar-refractivity contribution in [3.05, 3.63) is 23.4 Å². The monoisotopic (exact) mass is 355 g/mol. The summed E-state index contributed by atoms with van der Waals surface area (Å²) in [6.07, 6.45) is 16.6. The first-order valence-electron chi connectivity index (χ1n) is 11.2. The van der Waals surface area contributed by atoms with Gasteiger partial charge in [0.1, 0.15) is 0 Å². The van der Waals surface area contributed by atoms with Crippen LogP contribution in [0.1, 0.15) is 78.6 Å². The van der Waals surface area contributed by atoms with Crippen LogP contribution in [0.15, 0.2) is 23.4 Å². The molecule has 0 aromatic rings. The van der Waals surface area contributed by atoms with Gasteiger partial charge in [0.05, 0.1) is 5.60 Å². The van der Waals surface area contributed by atoms with Gasteiger partial charge in [0.25, 0.3) is 0 Å². The Bertz CT molecular complexity index is 655. The highest BCUT2D eigenvalue weighted by atomic mass is 16.3. The van der Waals surface area contributed by atoms with Crippen molar-refractivity contribution < 1.29 is 5.11 Å². The SMILES string of the molecule is C[C@]12CCC(N3CCCC3)=CC1=CC[C@@H]1[C@@H]2CC[C@@]2(C)[C@H]1CC[C@]2(C)O. The van der Waals surface area contributed by atoms with Gasteiger partial charge in [-0.3, -0.25) is 0 Å². The Hall–Kier alpha value is -0.760. The smallest absolute Gasteiger partial charge is 0.0675 e. The summed E-state index contributed by atoms with van der Waals surface area (Å²) in [5, 5.41) is 11.1. The molecule has 0 aromatic heterocycles. The summed E-state index contributed by atoms with van der Waals surface area (Å²) in [5.41, 5.74) is 3.33. The van der Waals surface area contributed by atoms with E-state index >= 15 is 0 Å². The van der Waals surface area contributed by atoms with E-state index in [9.17, 15) is 5.11 Å². The Morgan fingerprint density at radius 3 is 2.50 bits per heavy atom. The molecule has 4 aliphatic carbocycles. The number of hydrogen-bond donors (Lipinski definition) is 1. The lowest BCUT2D eigenvalue weighted by molar-refractivity contribution is -0.111. The molecule has 1 heterocycles. The Labute approximate surface area is 159 Å². The van der Waals surface area contributed by atoms with Crippen molar-refractivity contribution in [1.29, 1.82) is 0 Å². The van der Waals surface area contributed by atoms with Crippen molar-refractivity contribution in [2.45, 2.75) is 84.2 Å². The maximum atomic E-state index is 11.1. The highest BCUT2D eigenvalue weighted by Gasteiger charge is 2.61. The van der Waals surface area contributed by atoms with E-state index in [1.54, 1.807) is 11.3 Å². The largest absolute Gasteiger partial charge is 0.390 e. The van der Waals surface area contributed by atoms with Crippen LogP contribution in [0.5, 0.6) is 0 Å². The molecule has 2 heteroatoms. The Balaban J connectivity index is 1.46. The highest BCUT2D eigenvalue weighted by Crippen LogP contribution is 2.66. The lowest BCUT2D eigenvalue weighted by Crippen LogP contribution is -2.53. The summed E-state index contributed by atoms with van der Waals surface area (Å²) in [6, 6.07) is 0. The fourth-order valence-electron chi connectivity index (χ4n) is 7.81. The van der Waals surface area contributed by atoms with Crippen molar-refractivity contribution in [1.82, 2.24) is 4.90 Å². The first-order chi connectivity index (χ1) is 12.4. The van der Waals surface area contributed by atoms with E-state index in [0.717, 1.165) is 24.2 Å². The van der Waals surface area contributed by atoms with Crippen molar-refractivity contribution >= 4 is 0 Å². The Kier molecular flexibility index (Phi) is 3.75. The molecule has 2 saturated carbocycles. The second-order valence-electron chi connectivity index (χ2n) is 10.8. The molecule has 0 unspecified atom stereocenters. The molecule has 2 nitrogen and oxygen atoms in total. The van der Waals surface area contributed by atoms with E-state index in [1.165, 1.54) is 64.5 Å². The third-order valence-electron chi connectivity index (χ3n) is 9.82. The zero-order chi connectivity index (χ0) is 18.2. The molecule has 0 bridgehead atoms. The molecular weight excluding hydrogens is 318 g/mol. The van der Waals surface area contributed by atoms with Gasteiger partial charge in [-0.15, -0.1) is 0 Å². The molecular formula is C24H37NO. The molecule has 3 fully saturated rings. The summed E-state index contributed by atoms with van der Waals surface area (Å²) in [4.78, 5) is 2.65. The Morgan fingerprint density at radius 1 is 1.00 bits per heavy atom. The number of likely N-dealkylation sites (tertiary alicyclic amines) is 1. The van der Waals surface area contributed by atoms with Gasteiger partial charge in [-0.05, 0) is 105 Å². The molecule has 26 heavy (non-hydrogen) atoms. The molecule has 0 spiro atoms. The summed E-state index contributed by atoms with van der Waals surface area (Å²) in [7, 11) is 0. The van der Waals surface area contributed by atoms with Crippen LogP contribution in [-0.2, 0) is 0 Å². The molecule has 5 rings (SSSR count). The normalized spacial score (nSPS) is 50.6. The molecule has 1 aliphatic heterocycles. The molecule has 6 atom stereocenters. The number of hydrogen-bond acceptors (Lipinski definition) is 2. The van der Waals surface area contributed by atoms with Gasteiger partial charge in [-0.1, -0.05) is 19.9 Å². The fourth-order valence-corrected chi connectivity index (χ4v) is 7.81. The molecule has 1 N–H and O–H groups in total. The molecule has 0 amide bonds. The maximum Gasteiger partial charge on any atom is 0.0675 e. The number of nitrogens with zero attached hydrogens (tertiary/aromatic N) is 1. The van der Waals surface area contributed by atoms with Crippen LogP contribution in [-0.4, -0.2) is 28.7 Å². The molecule has 0 aromatic carbocycles. The standard InChI is InChI=1S/C24H37NO/c1-22-11-8-18(25-14-4-5-15-25)16-17(22)6-7-19-20(22)9-12-23(2)21(19)10-13-24(23,3)26/h6,16,19-21,26H,4-5,7-15H2,1-3H3/t19-,20+,21+,22+,23+,24+/m1/s1. The minimum atomic E-state index is -0.455. The third kappa shape index (κ3) is 2.20. The summed E-state index contributed by atoms with van der Waals surface area (Å²) in [6.45, 7) is 9.64. The summed E-state index contributed by atoms with van der Waals surface area (Å²) >= 11 is 0. The maximum absolute atomic E-state index is 11.1. The highest BCUT2D eigenvalue weighted by molar-refractivity contribution is 5.37. The van der Waals surface area contributed by atoms with Crippen molar-refractivity contribution in [3.8, 4) is 0 Å². The van der Waals surface area contributed by atoms with Crippen molar-refractivity contribution in [3.63, 3.8) is 0 Å². The second-order valence-corrected chi connectivity index (χ2v) is 10.8. The van der Waals surface area contributed by atoms with Gasteiger partial charge in [0, 0.05) is 18.8 Å². The van der Waals surface area contributed by atoms with Gasteiger partial charge in [-0.2, -0.15) is 0 Å². The zero-order valence-corrected chi connectivity index (χ0v) is 17.1. The lowest BCUT2D eigenvalue weighted by Gasteiger charge is -2.58. The topological polar surface area (TPSA) is 23.5 Å². The first kappa shape index (κ1) is 17.3. The van der Waals surface area contributed by atoms with Crippen molar-refractivity contribution in [2.75, 3.05) is 13.1 Å². The van der Waals surface area contributed by atoms with E-state index in [1.807, 2.05) is 0 Å². The van der Waals surface area contributed by atoms with E-state index < -0.39 is 5.60 Å². The fraction of sp³-hybridized carbons (Fsp3) is 0.833. The minimum Gasteiger partial charge on any atom is -0.390 e. The average molecular weight is 356 g/mol. The number of allylic oxidation sites excluding steroid dienone is 4. The van der Waals surface area contributed by atoms with Gasteiger partial charge in [0.2, 0.25) is 0 Å². The second kappa shape index (κ2) is 5.63. The van der Waals surface area contributed by atoms with Crippen LogP contribution in [0.3, 0.4) is 0 Å². The molecule has 5 aliphatic rings. The van der Waals surface area contributed by atoms with E-state index in [0.29, 0.717) is 5.41 Å². The van der Waals surface area contributed by atoms with Gasteiger partial charge in [-0.25, -0.2) is 0 Å². The van der Waals surface area contributed by atoms with E-state index in [-0.39, 0.29) is 5.41 Å². The Morgan fingerprint density at radius 2 is 1.73 bits per heavy atom. The van der Waals surface area contributed by atoms with Crippen LogP contribution < -0.4 is 0 Å². The van der Waals surface area contributed by atoms with E-state index in [2.05, 4.69) is 37.8 Å². The van der Waals surface area contributed by atoms with Crippen LogP contribution in [0.2, 0.25) is 0 Å². The van der Waals surface area contributed by atoms with Gasteiger partial charge >= 0.3 is 0 Å². The van der Waals surface area contributed by atoms with Crippen LogP contribution >= 0.6 is 0 Å². The minimum absolute atomic E-state index is 0.140. The number of rotatable bonds is 1. The quantitative estimate of drug-likeness (QED) is 0.691. The first-order valence-corrected chi connectivity index (χ1v) is 11.2. The molecule has 144 valence electrons. The summed E-state index contributed by atoms with van der Waals surface area (Å²) in [5.74, 6) is 2.33. The molecule has 1 saturated heterocycles. The van der Waals surface area contributed by atoms with Gasteiger partial charge < -0.3 is 10.0 Å². The predicted octanol–water partition coefficient (Wildman–Crippen LogP) is 5.29. The van der Waals surface area contributed by atoms with E-state index in [4.69, 9.17) is 0 Å². The van der Waals surface area contributed by atoms with Crippen LogP contribution in [0.25, 0.3) is 0 Å². The zero-order valence-electron chi connectivity index (χ0n) is 17.1. The average Bonchev–Trinajstić information content (AvgIpc) is 3.21. The van der Waals surface area contributed by atoms with Crippen LogP contribution in [0, 0.1) is 28.6 Å². The van der Waals surface area contributed by atoms with Crippen molar-refractivity contribution in [2.24, 2.45) is 28.6 Å². The number of aliphatic hydroxyl groups is 1. The lowest BCUT2D eigenvalue weighted by atomic mass is 9.47. The summed E-state index contributed by atoms with van der Waals surface area (Å²) < 4.78 is 0. The van der Waals surface area contributed by atoms with Crippen LogP contribution in [0.4, 0.5) is 0 Å². The van der Waals surface area contributed by atoms with Gasteiger partial charge in [0.15, 0.2) is 0 Å². The third-order valence-corrected chi connectivity index (χ3v) is 9.82. The predicted molar refractivity (Wildman–Crippen MR) is 107 cm³/mol.